The van der Waals surface area contributed by atoms with Crippen LogP contribution in [0.25, 0.3) is 0 Å². The summed E-state index contributed by atoms with van der Waals surface area (Å²) in [6.45, 7) is 0.304. The third-order valence-electron chi connectivity index (χ3n) is 5.15. The lowest BCUT2D eigenvalue weighted by Gasteiger charge is -2.38. The maximum Gasteiger partial charge on any atom is 0.231 e. The molecule has 3 atom stereocenters. The average Bonchev–Trinajstić information content (AvgIpc) is 3.22. The Morgan fingerprint density at radius 1 is 1.08 bits per heavy atom. The summed E-state index contributed by atoms with van der Waals surface area (Å²) in [4.78, 5) is 0. The van der Waals surface area contributed by atoms with E-state index in [1.807, 2.05) is 6.07 Å². The molecule has 2 heterocycles. The first-order valence-electron chi connectivity index (χ1n) is 8.02. The number of hydrogen-bond acceptors (Lipinski definition) is 3. The molecule has 2 aromatic carbocycles. The Hall–Kier alpha value is -1.21. The first-order chi connectivity index (χ1) is 11.7. The topological polar surface area (TPSA) is 30.5 Å². The van der Waals surface area contributed by atoms with Gasteiger partial charge in [0.25, 0.3) is 0 Å². The number of allylic oxidation sites excluding steroid dienone is 2. The van der Waals surface area contributed by atoms with Gasteiger partial charge in [0.2, 0.25) is 6.79 Å². The Balaban J connectivity index is 1.61. The monoisotopic (exact) mass is 495 g/mol. The molecule has 0 amide bonds. The van der Waals surface area contributed by atoms with Crippen LogP contribution in [0, 0.1) is 9.49 Å². The van der Waals surface area contributed by atoms with E-state index < -0.39 is 0 Å². The van der Waals surface area contributed by atoms with Gasteiger partial charge in [-0.3, -0.25) is 0 Å². The minimum absolute atomic E-state index is 0.251. The van der Waals surface area contributed by atoms with Crippen molar-refractivity contribution < 1.29 is 9.47 Å². The van der Waals surface area contributed by atoms with Gasteiger partial charge in [-0.25, -0.2) is 0 Å². The fourth-order valence-corrected chi connectivity index (χ4v) is 5.13. The molecule has 5 rings (SSSR count). The van der Waals surface area contributed by atoms with Crippen molar-refractivity contribution in [3.63, 3.8) is 0 Å². The molecule has 3 unspecified atom stereocenters. The van der Waals surface area contributed by atoms with Crippen LogP contribution < -0.4 is 14.8 Å². The maximum atomic E-state index is 5.59. The van der Waals surface area contributed by atoms with Crippen LogP contribution in [0.2, 0.25) is 0 Å². The minimum atomic E-state index is 0.251. The van der Waals surface area contributed by atoms with Gasteiger partial charge >= 0.3 is 0 Å². The molecule has 2 aromatic rings. The first kappa shape index (κ1) is 15.1. The van der Waals surface area contributed by atoms with Crippen molar-refractivity contribution >= 4 is 44.2 Å². The second kappa shape index (κ2) is 5.66. The summed E-state index contributed by atoms with van der Waals surface area (Å²) in [5, 5.41) is 3.77. The molecule has 0 saturated carbocycles. The van der Waals surface area contributed by atoms with Crippen LogP contribution in [0.4, 0.5) is 5.69 Å². The summed E-state index contributed by atoms with van der Waals surface area (Å²) >= 11 is 6.13. The normalized spacial score (nSPS) is 26.0. The molecule has 0 aromatic heterocycles. The predicted octanol–water partition coefficient (Wildman–Crippen LogP) is 5.61. The zero-order valence-corrected chi connectivity index (χ0v) is 16.5. The summed E-state index contributed by atoms with van der Waals surface area (Å²) in [7, 11) is 0. The van der Waals surface area contributed by atoms with Gasteiger partial charge in [0.05, 0.1) is 6.04 Å². The number of ether oxygens (including phenoxy) is 2. The molecule has 0 spiro atoms. The lowest BCUT2D eigenvalue weighted by atomic mass is 9.77. The Labute approximate surface area is 162 Å². The summed E-state index contributed by atoms with van der Waals surface area (Å²) < 4.78 is 13.4. The Bertz CT molecular complexity index is 867. The molecular weight excluding hydrogens is 481 g/mol. The average molecular weight is 496 g/mol. The Kier molecular flexibility index (Phi) is 3.56. The molecule has 122 valence electrons. The number of benzene rings is 2. The standard InChI is InChI=1S/C19H15BrINO2/c20-15-8-18-17(23-9-24-18)7-14(15)19-12-3-1-2-11(12)13-6-10(21)4-5-16(13)22-19/h1-2,4-8,11-12,19,22H,3,9H2. The predicted molar refractivity (Wildman–Crippen MR) is 106 cm³/mol. The molecule has 0 saturated heterocycles. The molecule has 0 radical (unpaired) electrons. The van der Waals surface area contributed by atoms with Gasteiger partial charge in [-0.2, -0.15) is 0 Å². The zero-order chi connectivity index (χ0) is 16.3. The van der Waals surface area contributed by atoms with Gasteiger partial charge < -0.3 is 14.8 Å². The van der Waals surface area contributed by atoms with E-state index in [-0.39, 0.29) is 6.04 Å². The van der Waals surface area contributed by atoms with Crippen LogP contribution in [0.15, 0.2) is 47.0 Å². The van der Waals surface area contributed by atoms with Crippen LogP contribution in [0.5, 0.6) is 11.5 Å². The summed E-state index contributed by atoms with van der Waals surface area (Å²) in [6, 6.07) is 11.1. The molecule has 3 nitrogen and oxygen atoms in total. The summed E-state index contributed by atoms with van der Waals surface area (Å²) in [5.41, 5.74) is 3.88. The van der Waals surface area contributed by atoms with Crippen molar-refractivity contribution in [3.8, 4) is 11.5 Å². The van der Waals surface area contributed by atoms with E-state index in [0.717, 1.165) is 22.4 Å². The number of fused-ring (bicyclic) bond motifs is 4. The maximum absolute atomic E-state index is 5.59. The third kappa shape index (κ3) is 2.28. The van der Waals surface area contributed by atoms with Crippen molar-refractivity contribution in [3.05, 3.63) is 61.7 Å². The molecule has 1 N–H and O–H groups in total. The van der Waals surface area contributed by atoms with Gasteiger partial charge in [-0.1, -0.05) is 28.1 Å². The largest absolute Gasteiger partial charge is 0.454 e. The number of nitrogens with one attached hydrogen (secondary N) is 1. The van der Waals surface area contributed by atoms with Crippen molar-refractivity contribution in [1.82, 2.24) is 0 Å². The number of halogens is 2. The third-order valence-corrected chi connectivity index (χ3v) is 6.51. The highest BCUT2D eigenvalue weighted by atomic mass is 127. The van der Waals surface area contributed by atoms with E-state index >= 15 is 0 Å². The molecule has 3 aliphatic rings. The highest BCUT2D eigenvalue weighted by Gasteiger charge is 2.39. The second-order valence-corrected chi connectivity index (χ2v) is 8.53. The Morgan fingerprint density at radius 3 is 2.79 bits per heavy atom. The lowest BCUT2D eigenvalue weighted by molar-refractivity contribution is 0.174. The SMILES string of the molecule is Brc1cc2c(cc1C1Nc3ccc(I)cc3C3C=CCC31)OCO2. The molecular formula is C19H15BrINO2. The quantitative estimate of drug-likeness (QED) is 0.412. The van der Waals surface area contributed by atoms with E-state index in [2.05, 4.69) is 80.3 Å². The fourth-order valence-electron chi connectivity index (χ4n) is 4.04. The van der Waals surface area contributed by atoms with Crippen molar-refractivity contribution in [2.45, 2.75) is 18.4 Å². The van der Waals surface area contributed by atoms with Crippen LogP contribution in [0.3, 0.4) is 0 Å². The smallest absolute Gasteiger partial charge is 0.231 e. The highest BCUT2D eigenvalue weighted by Crippen LogP contribution is 2.52. The highest BCUT2D eigenvalue weighted by molar-refractivity contribution is 14.1. The summed E-state index contributed by atoms with van der Waals surface area (Å²) in [5.74, 6) is 2.65. The second-order valence-electron chi connectivity index (χ2n) is 6.43. The van der Waals surface area contributed by atoms with E-state index in [0.29, 0.717) is 18.6 Å². The van der Waals surface area contributed by atoms with Gasteiger partial charge in [-0.05, 0) is 76.4 Å². The lowest BCUT2D eigenvalue weighted by Crippen LogP contribution is -2.29. The fraction of sp³-hybridized carbons (Fsp3) is 0.263. The van der Waals surface area contributed by atoms with E-state index in [1.165, 1.54) is 20.4 Å². The van der Waals surface area contributed by atoms with Gasteiger partial charge in [0.15, 0.2) is 11.5 Å². The van der Waals surface area contributed by atoms with Crippen LogP contribution >= 0.6 is 38.5 Å². The Morgan fingerprint density at radius 2 is 1.92 bits per heavy atom. The van der Waals surface area contributed by atoms with Crippen LogP contribution in [-0.2, 0) is 0 Å². The van der Waals surface area contributed by atoms with Gasteiger partial charge in [-0.15, -0.1) is 0 Å². The van der Waals surface area contributed by atoms with E-state index in [4.69, 9.17) is 9.47 Å². The zero-order valence-electron chi connectivity index (χ0n) is 12.8. The van der Waals surface area contributed by atoms with Crippen molar-refractivity contribution in [1.29, 1.82) is 0 Å². The molecule has 0 bridgehead atoms. The summed E-state index contributed by atoms with van der Waals surface area (Å²) in [6.07, 6.45) is 5.78. The molecule has 24 heavy (non-hydrogen) atoms. The molecule has 5 heteroatoms. The molecule has 2 aliphatic heterocycles. The number of hydrogen-bond donors (Lipinski definition) is 1. The molecule has 1 aliphatic carbocycles. The van der Waals surface area contributed by atoms with Crippen LogP contribution in [0.1, 0.15) is 29.5 Å². The van der Waals surface area contributed by atoms with Crippen molar-refractivity contribution in [2.75, 3.05) is 12.1 Å². The van der Waals surface area contributed by atoms with Crippen molar-refractivity contribution in [2.24, 2.45) is 5.92 Å². The van der Waals surface area contributed by atoms with E-state index in [1.54, 1.807) is 0 Å². The van der Waals surface area contributed by atoms with E-state index in [9.17, 15) is 0 Å². The first-order valence-corrected chi connectivity index (χ1v) is 9.89. The molecule has 0 fully saturated rings. The number of anilines is 1. The van der Waals surface area contributed by atoms with Gasteiger partial charge in [0, 0.05) is 19.6 Å². The van der Waals surface area contributed by atoms with Gasteiger partial charge in [0.1, 0.15) is 0 Å². The minimum Gasteiger partial charge on any atom is -0.454 e. The number of rotatable bonds is 1. The van der Waals surface area contributed by atoms with Crippen LogP contribution in [-0.4, -0.2) is 6.79 Å².